The summed E-state index contributed by atoms with van der Waals surface area (Å²) in [5.41, 5.74) is 4.85. The van der Waals surface area contributed by atoms with Crippen LogP contribution in [0.3, 0.4) is 0 Å². The van der Waals surface area contributed by atoms with E-state index in [2.05, 4.69) is 77.5 Å². The van der Waals surface area contributed by atoms with Crippen molar-refractivity contribution in [2.45, 2.75) is 19.8 Å². The minimum atomic E-state index is 1.02. The summed E-state index contributed by atoms with van der Waals surface area (Å²) >= 11 is 0. The van der Waals surface area contributed by atoms with Crippen molar-refractivity contribution in [3.05, 3.63) is 71.5 Å². The van der Waals surface area contributed by atoms with Crippen LogP contribution in [0.25, 0.3) is 22.9 Å². The van der Waals surface area contributed by atoms with Gasteiger partial charge in [0.2, 0.25) is 0 Å². The summed E-state index contributed by atoms with van der Waals surface area (Å²) in [7, 11) is 0. The summed E-state index contributed by atoms with van der Waals surface area (Å²) in [6.45, 7) is 4.48. The Morgan fingerprint density at radius 1 is 0.958 bits per heavy atom. The van der Waals surface area contributed by atoms with Gasteiger partial charge < -0.3 is 4.90 Å². The van der Waals surface area contributed by atoms with Gasteiger partial charge in [0.15, 0.2) is 0 Å². The molecule has 0 amide bonds. The maximum Gasteiger partial charge on any atom is 0.0650 e. The summed E-state index contributed by atoms with van der Waals surface area (Å²) in [6.07, 6.45) is 8.89. The highest BCUT2D eigenvalue weighted by atomic mass is 15.1. The molecular formula is C22H22N2. The number of fused-ring (bicyclic) bond motifs is 1. The van der Waals surface area contributed by atoms with Gasteiger partial charge in [-0.1, -0.05) is 48.5 Å². The van der Waals surface area contributed by atoms with Gasteiger partial charge in [0.25, 0.3) is 0 Å². The minimum absolute atomic E-state index is 1.02. The van der Waals surface area contributed by atoms with Crippen LogP contribution in [0.1, 0.15) is 29.7 Å². The Hall–Kier alpha value is -2.61. The van der Waals surface area contributed by atoms with E-state index >= 15 is 0 Å². The SMILES string of the molecule is Cc1cnc(C=Cc2cccc3ccccc23)cc1N1CCCC1. The van der Waals surface area contributed by atoms with E-state index in [0.29, 0.717) is 0 Å². The molecule has 1 saturated heterocycles. The Kier molecular flexibility index (Phi) is 4.04. The fraction of sp³-hybridized carbons (Fsp3) is 0.227. The van der Waals surface area contributed by atoms with Crippen molar-refractivity contribution < 1.29 is 0 Å². The molecule has 1 fully saturated rings. The average Bonchev–Trinajstić information content (AvgIpc) is 3.15. The minimum Gasteiger partial charge on any atom is -0.371 e. The lowest BCUT2D eigenvalue weighted by atomic mass is 10.0. The lowest BCUT2D eigenvalue weighted by Crippen LogP contribution is -2.18. The molecule has 1 aliphatic heterocycles. The van der Waals surface area contributed by atoms with Gasteiger partial charge in [-0.3, -0.25) is 4.98 Å². The average molecular weight is 314 g/mol. The van der Waals surface area contributed by atoms with Crippen LogP contribution in [0, 0.1) is 6.92 Å². The van der Waals surface area contributed by atoms with Crippen molar-refractivity contribution >= 4 is 28.6 Å². The molecule has 0 saturated carbocycles. The standard InChI is InChI=1S/C22H22N2/c1-17-16-23-20(15-22(17)24-13-4-5-14-24)12-11-19-9-6-8-18-7-2-3-10-21(18)19/h2-3,6-12,15-16H,4-5,13-14H2,1H3. The molecule has 3 aromatic rings. The Morgan fingerprint density at radius 3 is 2.62 bits per heavy atom. The van der Waals surface area contributed by atoms with Gasteiger partial charge >= 0.3 is 0 Å². The normalized spacial score (nSPS) is 14.8. The molecule has 2 heterocycles. The van der Waals surface area contributed by atoms with Gasteiger partial charge in [-0.05, 0) is 53.8 Å². The molecule has 0 N–H and O–H groups in total. The van der Waals surface area contributed by atoms with Crippen LogP contribution >= 0.6 is 0 Å². The Labute approximate surface area is 143 Å². The zero-order valence-corrected chi connectivity index (χ0v) is 14.1. The first-order valence-corrected chi connectivity index (χ1v) is 8.69. The fourth-order valence-corrected chi connectivity index (χ4v) is 3.49. The second kappa shape index (κ2) is 6.48. The maximum absolute atomic E-state index is 4.59. The number of hydrogen-bond donors (Lipinski definition) is 0. The second-order valence-electron chi connectivity index (χ2n) is 6.49. The maximum atomic E-state index is 4.59. The molecule has 0 unspecified atom stereocenters. The zero-order chi connectivity index (χ0) is 16.4. The van der Waals surface area contributed by atoms with Crippen molar-refractivity contribution in [2.24, 2.45) is 0 Å². The zero-order valence-electron chi connectivity index (χ0n) is 14.1. The Balaban J connectivity index is 1.67. The van der Waals surface area contributed by atoms with E-state index < -0.39 is 0 Å². The number of rotatable bonds is 3. The van der Waals surface area contributed by atoms with Crippen LogP contribution in [0.4, 0.5) is 5.69 Å². The molecular weight excluding hydrogens is 292 g/mol. The third-order valence-electron chi connectivity index (χ3n) is 4.80. The van der Waals surface area contributed by atoms with E-state index in [9.17, 15) is 0 Å². The van der Waals surface area contributed by atoms with Gasteiger partial charge in [-0.25, -0.2) is 0 Å². The molecule has 0 radical (unpaired) electrons. The summed E-state index contributed by atoms with van der Waals surface area (Å²) in [4.78, 5) is 7.07. The molecule has 4 rings (SSSR count). The summed E-state index contributed by atoms with van der Waals surface area (Å²) < 4.78 is 0. The third-order valence-corrected chi connectivity index (χ3v) is 4.80. The molecule has 120 valence electrons. The number of aromatic nitrogens is 1. The predicted molar refractivity (Wildman–Crippen MR) is 103 cm³/mol. The fourth-order valence-electron chi connectivity index (χ4n) is 3.49. The van der Waals surface area contributed by atoms with E-state index in [4.69, 9.17) is 0 Å². The van der Waals surface area contributed by atoms with Gasteiger partial charge in [0, 0.05) is 25.0 Å². The first-order valence-electron chi connectivity index (χ1n) is 8.69. The van der Waals surface area contributed by atoms with E-state index in [1.54, 1.807) is 0 Å². The van der Waals surface area contributed by atoms with Crippen LogP contribution in [0.2, 0.25) is 0 Å². The smallest absolute Gasteiger partial charge is 0.0650 e. The molecule has 0 spiro atoms. The summed E-state index contributed by atoms with van der Waals surface area (Å²) in [5.74, 6) is 0. The van der Waals surface area contributed by atoms with Gasteiger partial charge in [0.1, 0.15) is 0 Å². The number of benzene rings is 2. The number of anilines is 1. The molecule has 0 aliphatic carbocycles. The quantitative estimate of drug-likeness (QED) is 0.651. The van der Waals surface area contributed by atoms with Crippen LogP contribution in [-0.4, -0.2) is 18.1 Å². The van der Waals surface area contributed by atoms with Crippen LogP contribution in [0.15, 0.2) is 54.7 Å². The van der Waals surface area contributed by atoms with Gasteiger partial charge in [-0.15, -0.1) is 0 Å². The highest BCUT2D eigenvalue weighted by Crippen LogP contribution is 2.25. The highest BCUT2D eigenvalue weighted by Gasteiger charge is 2.14. The first-order chi connectivity index (χ1) is 11.8. The van der Waals surface area contributed by atoms with Crippen LogP contribution < -0.4 is 4.90 Å². The topological polar surface area (TPSA) is 16.1 Å². The first kappa shape index (κ1) is 14.9. The highest BCUT2D eigenvalue weighted by molar-refractivity contribution is 5.92. The number of pyridine rings is 1. The molecule has 2 aromatic carbocycles. The van der Waals surface area contributed by atoms with E-state index in [-0.39, 0.29) is 0 Å². The van der Waals surface area contributed by atoms with Crippen molar-refractivity contribution in [1.29, 1.82) is 0 Å². The molecule has 2 heteroatoms. The van der Waals surface area contributed by atoms with Gasteiger partial charge in [0.05, 0.1) is 5.69 Å². The largest absolute Gasteiger partial charge is 0.371 e. The molecule has 1 aromatic heterocycles. The van der Waals surface area contributed by atoms with Crippen molar-refractivity contribution in [1.82, 2.24) is 4.98 Å². The Bertz CT molecular complexity index is 884. The summed E-state index contributed by atoms with van der Waals surface area (Å²) in [6, 6.07) is 17.2. The summed E-state index contributed by atoms with van der Waals surface area (Å²) in [5, 5.41) is 2.55. The molecule has 1 aliphatic rings. The van der Waals surface area contributed by atoms with Crippen LogP contribution in [0.5, 0.6) is 0 Å². The van der Waals surface area contributed by atoms with E-state index in [1.807, 2.05) is 6.20 Å². The van der Waals surface area contributed by atoms with Crippen molar-refractivity contribution in [2.75, 3.05) is 18.0 Å². The molecule has 2 nitrogen and oxygen atoms in total. The second-order valence-corrected chi connectivity index (χ2v) is 6.49. The lowest BCUT2D eigenvalue weighted by Gasteiger charge is -2.20. The number of hydrogen-bond acceptors (Lipinski definition) is 2. The number of aryl methyl sites for hydroxylation is 1. The van der Waals surface area contributed by atoms with Crippen LogP contribution in [-0.2, 0) is 0 Å². The number of nitrogens with zero attached hydrogens (tertiary/aromatic N) is 2. The Morgan fingerprint density at radius 2 is 1.75 bits per heavy atom. The lowest BCUT2D eigenvalue weighted by molar-refractivity contribution is 0.949. The van der Waals surface area contributed by atoms with Crippen molar-refractivity contribution in [3.8, 4) is 0 Å². The molecule has 0 atom stereocenters. The monoisotopic (exact) mass is 314 g/mol. The molecule has 24 heavy (non-hydrogen) atoms. The van der Waals surface area contributed by atoms with Gasteiger partial charge in [-0.2, -0.15) is 0 Å². The van der Waals surface area contributed by atoms with E-state index in [1.165, 1.54) is 40.4 Å². The predicted octanol–water partition coefficient (Wildman–Crippen LogP) is 5.31. The van der Waals surface area contributed by atoms with E-state index in [0.717, 1.165) is 18.8 Å². The third kappa shape index (κ3) is 2.92. The van der Waals surface area contributed by atoms with Crippen molar-refractivity contribution in [3.63, 3.8) is 0 Å². The molecule has 0 bridgehead atoms.